The molecule has 13 heteroatoms. The van der Waals surface area contributed by atoms with Gasteiger partial charge in [0, 0.05) is 29.4 Å². The SMILES string of the molecule is O=C(Nc1cc(Cl)c(-c2ccc(NCC(F)(F)F)nc2)cc1F)N1C2CC[C@@H]1c1n[nH]c(=O)cc1C2. The second kappa shape index (κ2) is 9.08. The van der Waals surface area contributed by atoms with Crippen molar-refractivity contribution >= 4 is 29.1 Å². The standard InChI is InChI=1S/C23H19ClF4N6O2/c24-15-8-17(16(25)7-14(15)11-1-4-19(29-9-11)30-10-23(26,27)28)31-22(36)34-13-2-3-18(34)21-12(5-13)6-20(35)32-33-21/h1,4,6-9,13,18H,2-3,5,10H2,(H,29,30)(H,31,36)(H,32,35)/t13?,18-/m1/s1. The van der Waals surface area contributed by atoms with E-state index >= 15 is 0 Å². The van der Waals surface area contributed by atoms with E-state index in [1.54, 1.807) is 4.90 Å². The number of carbonyl (C=O) groups excluding carboxylic acids is 1. The molecule has 8 nitrogen and oxygen atoms in total. The monoisotopic (exact) mass is 522 g/mol. The number of aromatic amines is 1. The topological polar surface area (TPSA) is 103 Å². The highest BCUT2D eigenvalue weighted by Gasteiger charge is 2.44. The van der Waals surface area contributed by atoms with Crippen LogP contribution in [0.1, 0.15) is 30.1 Å². The minimum absolute atomic E-state index is 0.00727. The van der Waals surface area contributed by atoms with Gasteiger partial charge in [0.1, 0.15) is 18.2 Å². The van der Waals surface area contributed by atoms with Crippen LogP contribution in [0.3, 0.4) is 0 Å². The Morgan fingerprint density at radius 1 is 1.22 bits per heavy atom. The van der Waals surface area contributed by atoms with Crippen molar-refractivity contribution in [1.29, 1.82) is 0 Å². The van der Waals surface area contributed by atoms with Crippen molar-refractivity contribution in [3.05, 3.63) is 69.0 Å². The summed E-state index contributed by atoms with van der Waals surface area (Å²) in [4.78, 5) is 30.2. The van der Waals surface area contributed by atoms with Crippen LogP contribution < -0.4 is 16.2 Å². The molecule has 2 aliphatic heterocycles. The summed E-state index contributed by atoms with van der Waals surface area (Å²) in [6, 6.07) is 5.71. The van der Waals surface area contributed by atoms with Crippen LogP contribution in [0.4, 0.5) is 33.9 Å². The van der Waals surface area contributed by atoms with E-state index in [1.165, 1.54) is 30.5 Å². The molecule has 2 aliphatic rings. The van der Waals surface area contributed by atoms with Crippen LogP contribution in [0.2, 0.25) is 5.02 Å². The molecule has 1 unspecified atom stereocenters. The van der Waals surface area contributed by atoms with Gasteiger partial charge in [0.15, 0.2) is 0 Å². The average Bonchev–Trinajstić information content (AvgIpc) is 3.14. The number of nitrogens with zero attached hydrogens (tertiary/aromatic N) is 3. The number of fused-ring (bicyclic) bond motifs is 4. The highest BCUT2D eigenvalue weighted by molar-refractivity contribution is 6.33. The lowest BCUT2D eigenvalue weighted by atomic mass is 9.99. The molecule has 2 bridgehead atoms. The molecule has 0 spiro atoms. The molecule has 2 amide bonds. The number of urea groups is 1. The predicted octanol–water partition coefficient (Wildman–Crippen LogP) is 4.89. The van der Waals surface area contributed by atoms with E-state index < -0.39 is 24.6 Å². The number of alkyl halides is 3. The third kappa shape index (κ3) is 4.72. The minimum Gasteiger partial charge on any atom is -0.361 e. The van der Waals surface area contributed by atoms with E-state index in [0.717, 1.165) is 18.1 Å². The number of hydrogen-bond acceptors (Lipinski definition) is 5. The van der Waals surface area contributed by atoms with Crippen LogP contribution in [0.25, 0.3) is 11.1 Å². The fourth-order valence-electron chi connectivity index (χ4n) is 4.71. The van der Waals surface area contributed by atoms with E-state index in [-0.39, 0.29) is 39.7 Å². The van der Waals surface area contributed by atoms with Crippen molar-refractivity contribution in [1.82, 2.24) is 20.1 Å². The molecule has 1 fully saturated rings. The Balaban J connectivity index is 1.32. The molecule has 188 valence electrons. The first kappa shape index (κ1) is 24.0. The molecule has 0 radical (unpaired) electrons. The summed E-state index contributed by atoms with van der Waals surface area (Å²) in [6.07, 6.45) is -1.23. The fraction of sp³-hybridized carbons (Fsp3) is 0.304. The van der Waals surface area contributed by atoms with Gasteiger partial charge in [-0.1, -0.05) is 11.6 Å². The number of benzene rings is 1. The van der Waals surface area contributed by atoms with E-state index in [2.05, 4.69) is 25.8 Å². The number of pyridine rings is 1. The maximum atomic E-state index is 15.0. The number of hydrogen-bond donors (Lipinski definition) is 3. The first-order valence-electron chi connectivity index (χ1n) is 11.0. The zero-order valence-electron chi connectivity index (χ0n) is 18.5. The summed E-state index contributed by atoms with van der Waals surface area (Å²) >= 11 is 6.35. The van der Waals surface area contributed by atoms with Crippen LogP contribution in [0.5, 0.6) is 0 Å². The number of halogens is 5. The Bertz CT molecular complexity index is 1380. The van der Waals surface area contributed by atoms with Crippen molar-refractivity contribution in [2.24, 2.45) is 0 Å². The Morgan fingerprint density at radius 2 is 2.03 bits per heavy atom. The lowest BCUT2D eigenvalue weighted by Gasteiger charge is -2.35. The van der Waals surface area contributed by atoms with Gasteiger partial charge >= 0.3 is 12.2 Å². The second-order valence-corrected chi connectivity index (χ2v) is 9.05. The molecule has 0 saturated carbocycles. The first-order valence-corrected chi connectivity index (χ1v) is 11.4. The number of nitrogens with one attached hydrogen (secondary N) is 3. The summed E-state index contributed by atoms with van der Waals surface area (Å²) in [7, 11) is 0. The number of aromatic nitrogens is 3. The molecule has 3 N–H and O–H groups in total. The highest BCUT2D eigenvalue weighted by Crippen LogP contribution is 2.42. The van der Waals surface area contributed by atoms with Crippen LogP contribution in [-0.2, 0) is 6.42 Å². The molecule has 1 saturated heterocycles. The van der Waals surface area contributed by atoms with Gasteiger partial charge in [0.2, 0.25) is 0 Å². The average molecular weight is 523 g/mol. The Labute approximate surface area is 206 Å². The summed E-state index contributed by atoms with van der Waals surface area (Å²) in [5, 5.41) is 11.4. The van der Waals surface area contributed by atoms with Crippen molar-refractivity contribution in [3.63, 3.8) is 0 Å². The van der Waals surface area contributed by atoms with E-state index in [1.807, 2.05) is 0 Å². The van der Waals surface area contributed by atoms with E-state index in [0.29, 0.717) is 24.1 Å². The Hall–Kier alpha value is -3.67. The zero-order chi connectivity index (χ0) is 25.6. The second-order valence-electron chi connectivity index (χ2n) is 8.64. The van der Waals surface area contributed by atoms with Gasteiger partial charge in [-0.2, -0.15) is 18.3 Å². The van der Waals surface area contributed by atoms with Gasteiger partial charge in [0.25, 0.3) is 5.56 Å². The van der Waals surface area contributed by atoms with Gasteiger partial charge in [-0.3, -0.25) is 4.79 Å². The van der Waals surface area contributed by atoms with Crippen LogP contribution in [0, 0.1) is 5.82 Å². The van der Waals surface area contributed by atoms with Gasteiger partial charge < -0.3 is 15.5 Å². The molecule has 4 heterocycles. The van der Waals surface area contributed by atoms with Crippen LogP contribution >= 0.6 is 11.6 Å². The minimum atomic E-state index is -4.39. The maximum Gasteiger partial charge on any atom is 0.405 e. The Kier molecular flexibility index (Phi) is 6.07. The number of carbonyl (C=O) groups is 1. The number of anilines is 2. The summed E-state index contributed by atoms with van der Waals surface area (Å²) in [6.45, 7) is -1.23. The molecule has 1 aromatic carbocycles. The largest absolute Gasteiger partial charge is 0.405 e. The van der Waals surface area contributed by atoms with E-state index in [9.17, 15) is 27.2 Å². The molecule has 36 heavy (non-hydrogen) atoms. The number of amides is 2. The van der Waals surface area contributed by atoms with Crippen molar-refractivity contribution < 1.29 is 22.4 Å². The fourth-order valence-corrected chi connectivity index (χ4v) is 4.98. The Morgan fingerprint density at radius 3 is 2.75 bits per heavy atom. The van der Waals surface area contributed by atoms with Gasteiger partial charge in [-0.05, 0) is 49.1 Å². The molecule has 2 atom stereocenters. The number of H-pyrrole nitrogens is 1. The molecule has 5 rings (SSSR count). The maximum absolute atomic E-state index is 15.0. The van der Waals surface area contributed by atoms with Crippen LogP contribution in [0.15, 0.2) is 41.3 Å². The molecule has 2 aromatic heterocycles. The smallest absolute Gasteiger partial charge is 0.361 e. The van der Waals surface area contributed by atoms with Gasteiger partial charge in [-0.25, -0.2) is 19.3 Å². The summed E-state index contributed by atoms with van der Waals surface area (Å²) in [5.74, 6) is -0.734. The number of rotatable bonds is 4. The molecular weight excluding hydrogens is 504 g/mol. The van der Waals surface area contributed by atoms with Crippen LogP contribution in [-0.4, -0.2) is 44.9 Å². The highest BCUT2D eigenvalue weighted by atomic mass is 35.5. The molecule has 3 aromatic rings. The van der Waals surface area contributed by atoms with E-state index in [4.69, 9.17) is 11.6 Å². The predicted molar refractivity (Wildman–Crippen MR) is 124 cm³/mol. The van der Waals surface area contributed by atoms with Crippen molar-refractivity contribution in [2.45, 2.75) is 37.5 Å². The first-order chi connectivity index (χ1) is 17.1. The lowest BCUT2D eigenvalue weighted by molar-refractivity contribution is -0.115. The third-order valence-electron chi connectivity index (χ3n) is 6.27. The lowest BCUT2D eigenvalue weighted by Crippen LogP contribution is -2.45. The van der Waals surface area contributed by atoms with Crippen molar-refractivity contribution in [3.8, 4) is 11.1 Å². The van der Waals surface area contributed by atoms with Gasteiger partial charge in [0.05, 0.1) is 22.4 Å². The zero-order valence-corrected chi connectivity index (χ0v) is 19.3. The normalized spacial score (nSPS) is 18.6. The van der Waals surface area contributed by atoms with Gasteiger partial charge in [-0.15, -0.1) is 0 Å². The van der Waals surface area contributed by atoms with Crippen molar-refractivity contribution in [2.75, 3.05) is 17.2 Å². The summed E-state index contributed by atoms with van der Waals surface area (Å²) in [5.41, 5.74) is 1.67. The molecule has 0 aliphatic carbocycles. The summed E-state index contributed by atoms with van der Waals surface area (Å²) < 4.78 is 52.0. The third-order valence-corrected chi connectivity index (χ3v) is 6.58. The molecular formula is C23H19ClF4N6O2. The quantitative estimate of drug-likeness (QED) is 0.423.